The van der Waals surface area contributed by atoms with Gasteiger partial charge in [0, 0.05) is 42.8 Å². The molecule has 3 atom stereocenters. The van der Waals surface area contributed by atoms with Gasteiger partial charge in [0.2, 0.25) is 5.95 Å². The maximum absolute atomic E-state index is 14.6. The molecule has 2 aromatic rings. The number of amides is 1. The molecule has 0 radical (unpaired) electrons. The summed E-state index contributed by atoms with van der Waals surface area (Å²) in [5.74, 6) is 0.573. The smallest absolute Gasteiger partial charge is 0.411 e. The monoisotopic (exact) mass is 413 g/mol. The molecule has 1 aromatic heterocycles. The summed E-state index contributed by atoms with van der Waals surface area (Å²) in [5, 5.41) is 5.78. The lowest BCUT2D eigenvalue weighted by Crippen LogP contribution is -2.47. The molecule has 3 unspecified atom stereocenters. The molecule has 9 nitrogen and oxygen atoms in total. The molecular weight excluding hydrogens is 389 g/mol. The Labute approximate surface area is 173 Å². The quantitative estimate of drug-likeness (QED) is 0.606. The van der Waals surface area contributed by atoms with Crippen molar-refractivity contribution >= 4 is 29.2 Å². The number of anilines is 4. The standard InChI is InChI=1S/C20H24FN7O2/c1-28(17-4-2-3-16-13(17)8-23-27-16)18-14(21)9-22-19(26-18)24-12-5-6-15-11(7-12)10-30-20(29)25-15/h5-7,9,13,16-17,23,27H,2-4,8,10H2,1H3,(H,25,29)(H,22,24,26). The Morgan fingerprint density at radius 1 is 1.33 bits per heavy atom. The Bertz CT molecular complexity index is 972. The van der Waals surface area contributed by atoms with E-state index in [9.17, 15) is 9.18 Å². The van der Waals surface area contributed by atoms with Crippen molar-refractivity contribution in [2.45, 2.75) is 38.0 Å². The average Bonchev–Trinajstić information content (AvgIpc) is 3.24. The molecule has 3 heterocycles. The first-order valence-corrected chi connectivity index (χ1v) is 10.2. The number of halogens is 1. The van der Waals surface area contributed by atoms with Crippen LogP contribution in [0.15, 0.2) is 24.4 Å². The minimum atomic E-state index is -0.463. The van der Waals surface area contributed by atoms with E-state index >= 15 is 0 Å². The van der Waals surface area contributed by atoms with Crippen molar-refractivity contribution in [3.8, 4) is 0 Å². The number of cyclic esters (lactones) is 1. The third kappa shape index (κ3) is 3.52. The number of carbonyl (C=O) groups excluding carboxylic acids is 1. The van der Waals surface area contributed by atoms with Crippen LogP contribution in [0.2, 0.25) is 0 Å². The van der Waals surface area contributed by atoms with Gasteiger partial charge in [-0.2, -0.15) is 4.98 Å². The predicted molar refractivity (Wildman–Crippen MR) is 110 cm³/mol. The molecule has 158 valence electrons. The van der Waals surface area contributed by atoms with E-state index in [0.717, 1.165) is 37.1 Å². The fourth-order valence-electron chi connectivity index (χ4n) is 4.64. The lowest BCUT2D eigenvalue weighted by Gasteiger charge is -2.39. The lowest BCUT2D eigenvalue weighted by molar-refractivity contribution is 0.151. The van der Waals surface area contributed by atoms with Crippen molar-refractivity contribution in [2.75, 3.05) is 29.1 Å². The predicted octanol–water partition coefficient (Wildman–Crippen LogP) is 2.50. The SMILES string of the molecule is CN(c1nc(Nc2ccc3c(c2)COC(=O)N3)ncc1F)C1CCCC2NNCC21. The van der Waals surface area contributed by atoms with Crippen LogP contribution in [0.3, 0.4) is 0 Å². The van der Waals surface area contributed by atoms with Gasteiger partial charge in [0.05, 0.1) is 11.9 Å². The van der Waals surface area contributed by atoms with E-state index < -0.39 is 11.9 Å². The van der Waals surface area contributed by atoms with Gasteiger partial charge in [0.25, 0.3) is 0 Å². The molecule has 1 amide bonds. The number of benzene rings is 1. The summed E-state index contributed by atoms with van der Waals surface area (Å²) in [6.45, 7) is 1.06. The molecule has 0 spiro atoms. The molecule has 0 bridgehead atoms. The Hall–Kier alpha value is -2.98. The van der Waals surface area contributed by atoms with Gasteiger partial charge in [0.15, 0.2) is 11.6 Å². The molecule has 30 heavy (non-hydrogen) atoms. The summed E-state index contributed by atoms with van der Waals surface area (Å²) in [6, 6.07) is 6.06. The number of rotatable bonds is 4. The number of fused-ring (bicyclic) bond motifs is 2. The second-order valence-corrected chi connectivity index (χ2v) is 7.97. The summed E-state index contributed by atoms with van der Waals surface area (Å²) < 4.78 is 19.6. The number of ether oxygens (including phenoxy) is 1. The first-order valence-electron chi connectivity index (χ1n) is 10.2. The second kappa shape index (κ2) is 7.69. The van der Waals surface area contributed by atoms with Crippen molar-refractivity contribution < 1.29 is 13.9 Å². The van der Waals surface area contributed by atoms with Crippen molar-refractivity contribution in [1.29, 1.82) is 0 Å². The van der Waals surface area contributed by atoms with E-state index in [0.29, 0.717) is 29.4 Å². The first-order chi connectivity index (χ1) is 14.6. The van der Waals surface area contributed by atoms with Gasteiger partial charge in [0.1, 0.15) is 6.61 Å². The van der Waals surface area contributed by atoms with E-state index in [4.69, 9.17) is 4.74 Å². The summed E-state index contributed by atoms with van der Waals surface area (Å²) in [6.07, 6.45) is 3.97. The van der Waals surface area contributed by atoms with Gasteiger partial charge < -0.3 is 15.0 Å². The normalized spacial score (nSPS) is 25.0. The van der Waals surface area contributed by atoms with Gasteiger partial charge in [-0.3, -0.25) is 16.2 Å². The van der Waals surface area contributed by atoms with E-state index in [-0.39, 0.29) is 12.6 Å². The maximum atomic E-state index is 14.6. The molecule has 2 fully saturated rings. The number of aromatic nitrogens is 2. The Kier molecular flexibility index (Phi) is 4.87. The van der Waals surface area contributed by atoms with Crippen molar-refractivity contribution in [3.05, 3.63) is 35.8 Å². The highest BCUT2D eigenvalue weighted by Crippen LogP contribution is 2.33. The fourth-order valence-corrected chi connectivity index (χ4v) is 4.64. The molecule has 1 saturated heterocycles. The topological polar surface area (TPSA) is 103 Å². The number of nitrogens with zero attached hydrogens (tertiary/aromatic N) is 3. The van der Waals surface area contributed by atoms with Crippen molar-refractivity contribution in [1.82, 2.24) is 20.8 Å². The van der Waals surface area contributed by atoms with Crippen LogP contribution in [0.4, 0.5) is 32.3 Å². The van der Waals surface area contributed by atoms with Crippen LogP contribution in [0.25, 0.3) is 0 Å². The maximum Gasteiger partial charge on any atom is 0.411 e. The van der Waals surface area contributed by atoms with Gasteiger partial charge in [-0.25, -0.2) is 14.2 Å². The van der Waals surface area contributed by atoms with E-state index in [1.165, 1.54) is 6.20 Å². The van der Waals surface area contributed by atoms with Gasteiger partial charge in [-0.1, -0.05) is 0 Å². The van der Waals surface area contributed by atoms with Crippen LogP contribution >= 0.6 is 0 Å². The molecule has 4 N–H and O–H groups in total. The average molecular weight is 413 g/mol. The zero-order chi connectivity index (χ0) is 20.7. The zero-order valence-electron chi connectivity index (χ0n) is 16.6. The van der Waals surface area contributed by atoms with Gasteiger partial charge in [-0.15, -0.1) is 0 Å². The summed E-state index contributed by atoms with van der Waals surface area (Å²) >= 11 is 0. The van der Waals surface area contributed by atoms with Crippen molar-refractivity contribution in [2.24, 2.45) is 5.92 Å². The molecule has 5 rings (SSSR count). The molecular formula is C20H24FN7O2. The van der Waals surface area contributed by atoms with Crippen LogP contribution in [0.5, 0.6) is 0 Å². The van der Waals surface area contributed by atoms with Crippen molar-refractivity contribution in [3.63, 3.8) is 0 Å². The number of hydrazine groups is 1. The minimum Gasteiger partial charge on any atom is -0.444 e. The highest BCUT2D eigenvalue weighted by molar-refractivity contribution is 5.88. The molecule has 10 heteroatoms. The van der Waals surface area contributed by atoms with Gasteiger partial charge >= 0.3 is 6.09 Å². The van der Waals surface area contributed by atoms with Crippen LogP contribution < -0.4 is 26.4 Å². The highest BCUT2D eigenvalue weighted by atomic mass is 19.1. The summed E-state index contributed by atoms with van der Waals surface area (Å²) in [4.78, 5) is 21.8. The molecule has 1 aromatic carbocycles. The van der Waals surface area contributed by atoms with Crippen LogP contribution in [-0.2, 0) is 11.3 Å². The van der Waals surface area contributed by atoms with Crippen LogP contribution in [-0.4, -0.2) is 41.7 Å². The molecule has 3 aliphatic rings. The van der Waals surface area contributed by atoms with E-state index in [1.54, 1.807) is 6.07 Å². The van der Waals surface area contributed by atoms with E-state index in [1.807, 2.05) is 24.1 Å². The van der Waals surface area contributed by atoms with E-state index in [2.05, 4.69) is 31.5 Å². The molecule has 1 aliphatic carbocycles. The van der Waals surface area contributed by atoms with Crippen LogP contribution in [0.1, 0.15) is 24.8 Å². The number of nitrogens with one attached hydrogen (secondary N) is 4. The van der Waals surface area contributed by atoms with Gasteiger partial charge in [-0.05, 0) is 37.5 Å². The third-order valence-electron chi connectivity index (χ3n) is 6.17. The number of hydrogen-bond donors (Lipinski definition) is 4. The largest absolute Gasteiger partial charge is 0.444 e. The first kappa shape index (κ1) is 19.0. The minimum absolute atomic E-state index is 0.196. The number of hydrogen-bond acceptors (Lipinski definition) is 8. The molecule has 1 saturated carbocycles. The summed E-state index contributed by atoms with van der Waals surface area (Å²) in [7, 11) is 1.90. The highest BCUT2D eigenvalue weighted by Gasteiger charge is 2.39. The number of carbonyl (C=O) groups is 1. The Morgan fingerprint density at radius 3 is 3.13 bits per heavy atom. The summed E-state index contributed by atoms with van der Waals surface area (Å²) in [5.41, 5.74) is 8.85. The Morgan fingerprint density at radius 2 is 2.23 bits per heavy atom. The lowest BCUT2D eigenvalue weighted by atomic mass is 9.81. The fraction of sp³-hybridized carbons (Fsp3) is 0.450. The second-order valence-electron chi connectivity index (χ2n) is 7.97. The molecule has 2 aliphatic heterocycles. The Balaban J connectivity index is 1.36. The third-order valence-corrected chi connectivity index (χ3v) is 6.17. The zero-order valence-corrected chi connectivity index (χ0v) is 16.6. The van der Waals surface area contributed by atoms with Crippen LogP contribution in [0, 0.1) is 11.7 Å².